The molecule has 1 N–H and O–H groups in total. The lowest BCUT2D eigenvalue weighted by Crippen LogP contribution is -2.25. The van der Waals surface area contributed by atoms with Gasteiger partial charge in [-0.25, -0.2) is 0 Å². The number of halogens is 1. The van der Waals surface area contributed by atoms with E-state index in [0.29, 0.717) is 5.56 Å². The molecular weight excluding hydrogens is 292 g/mol. The third-order valence-electron chi connectivity index (χ3n) is 2.71. The summed E-state index contributed by atoms with van der Waals surface area (Å²) in [6.45, 7) is 5.08. The van der Waals surface area contributed by atoms with E-state index in [2.05, 4.69) is 15.9 Å². The molecule has 0 fully saturated rings. The second-order valence-electron chi connectivity index (χ2n) is 3.80. The second kappa shape index (κ2) is 5.10. The average Bonchev–Trinajstić information content (AvgIpc) is 2.54. The number of hydrogen-bond donors (Lipinski definition) is 1. The summed E-state index contributed by atoms with van der Waals surface area (Å²) in [6, 6.07) is 1.76. The summed E-state index contributed by atoms with van der Waals surface area (Å²) in [5.41, 5.74) is 0.623. The van der Waals surface area contributed by atoms with E-state index >= 15 is 0 Å². The zero-order chi connectivity index (χ0) is 12.5. The molecule has 2 unspecified atom stereocenters. The minimum absolute atomic E-state index is 0.102. The summed E-state index contributed by atoms with van der Waals surface area (Å²) < 4.78 is 0.892. The second-order valence-corrected chi connectivity index (χ2v) is 6.44. The Kier molecular flexibility index (Phi) is 4.27. The first-order valence-electron chi connectivity index (χ1n) is 4.87. The largest absolute Gasteiger partial charge is 0.481 e. The highest BCUT2D eigenvalue weighted by molar-refractivity contribution is 9.11. The summed E-state index contributed by atoms with van der Waals surface area (Å²) in [7, 11) is 0. The molecule has 0 spiro atoms. The van der Waals surface area contributed by atoms with Crippen molar-refractivity contribution in [3.05, 3.63) is 20.3 Å². The van der Waals surface area contributed by atoms with Gasteiger partial charge in [0.2, 0.25) is 0 Å². The summed E-state index contributed by atoms with van der Waals surface area (Å²) in [4.78, 5) is 23.8. The summed E-state index contributed by atoms with van der Waals surface area (Å²) in [5, 5.41) is 8.86. The molecule has 1 heterocycles. The Labute approximate surface area is 107 Å². The Morgan fingerprint density at radius 2 is 1.94 bits per heavy atom. The minimum atomic E-state index is -0.937. The molecule has 0 saturated heterocycles. The number of carbonyl (C=O) groups excluding carboxylic acids is 1. The van der Waals surface area contributed by atoms with Crippen LogP contribution >= 0.6 is 27.3 Å². The molecular formula is C11H13BrO3S. The number of Topliss-reactive ketones (excluding diaryl/α,β-unsaturated/α-hetero) is 1. The lowest BCUT2D eigenvalue weighted by molar-refractivity contribution is -0.142. The first kappa shape index (κ1) is 13.4. The molecule has 0 saturated carbocycles. The first-order valence-corrected chi connectivity index (χ1v) is 6.48. The van der Waals surface area contributed by atoms with Crippen LogP contribution in [-0.4, -0.2) is 16.9 Å². The van der Waals surface area contributed by atoms with E-state index in [9.17, 15) is 9.59 Å². The fourth-order valence-corrected chi connectivity index (χ4v) is 3.07. The molecule has 1 aromatic rings. The smallest absolute Gasteiger partial charge is 0.306 e. The van der Waals surface area contributed by atoms with Gasteiger partial charge in [-0.1, -0.05) is 13.8 Å². The molecule has 0 radical (unpaired) electrons. The molecule has 88 valence electrons. The van der Waals surface area contributed by atoms with E-state index in [1.54, 1.807) is 19.9 Å². The van der Waals surface area contributed by atoms with Crippen molar-refractivity contribution in [1.29, 1.82) is 0 Å². The van der Waals surface area contributed by atoms with E-state index in [1.165, 1.54) is 11.3 Å². The van der Waals surface area contributed by atoms with Crippen LogP contribution in [0.5, 0.6) is 0 Å². The van der Waals surface area contributed by atoms with E-state index < -0.39 is 17.8 Å². The van der Waals surface area contributed by atoms with Gasteiger partial charge >= 0.3 is 5.97 Å². The maximum Gasteiger partial charge on any atom is 0.306 e. The highest BCUT2D eigenvalue weighted by Gasteiger charge is 2.28. The van der Waals surface area contributed by atoms with Crippen molar-refractivity contribution >= 4 is 39.0 Å². The molecule has 1 aromatic heterocycles. The molecule has 0 bridgehead atoms. The zero-order valence-corrected chi connectivity index (χ0v) is 11.7. The van der Waals surface area contributed by atoms with Crippen molar-refractivity contribution in [2.45, 2.75) is 20.8 Å². The number of carbonyl (C=O) groups is 2. The van der Waals surface area contributed by atoms with Crippen molar-refractivity contribution in [3.63, 3.8) is 0 Å². The lowest BCUT2D eigenvalue weighted by atomic mass is 9.89. The number of carboxylic acids is 1. The molecule has 0 aliphatic carbocycles. The van der Waals surface area contributed by atoms with Crippen LogP contribution in [0.2, 0.25) is 0 Å². The highest BCUT2D eigenvalue weighted by Crippen LogP contribution is 2.29. The Bertz CT molecular complexity index is 425. The Morgan fingerprint density at radius 1 is 1.38 bits per heavy atom. The fraction of sp³-hybridized carbons (Fsp3) is 0.455. The van der Waals surface area contributed by atoms with Crippen LogP contribution < -0.4 is 0 Å². The monoisotopic (exact) mass is 304 g/mol. The Hall–Kier alpha value is -0.680. The Morgan fingerprint density at radius 3 is 2.31 bits per heavy atom. The standard InChI is InChI=1S/C11H13BrO3S/c1-5(6(2)11(14)15)10(13)8-4-9(12)16-7(8)3/h4-6H,1-3H3,(H,14,15). The van der Waals surface area contributed by atoms with Gasteiger partial charge in [0.1, 0.15) is 0 Å². The SMILES string of the molecule is Cc1sc(Br)cc1C(=O)C(C)C(C)C(=O)O. The molecule has 3 nitrogen and oxygen atoms in total. The van der Waals surface area contributed by atoms with Crippen LogP contribution in [0.25, 0.3) is 0 Å². The topological polar surface area (TPSA) is 54.4 Å². The van der Waals surface area contributed by atoms with Gasteiger partial charge in [0, 0.05) is 16.4 Å². The minimum Gasteiger partial charge on any atom is -0.481 e. The molecule has 2 atom stereocenters. The predicted octanol–water partition coefficient (Wildman–Crippen LogP) is 3.36. The molecule has 0 aliphatic rings. The molecule has 1 rings (SSSR count). The van der Waals surface area contributed by atoms with E-state index in [1.807, 2.05) is 6.92 Å². The maximum absolute atomic E-state index is 12.0. The number of thiophene rings is 1. The van der Waals surface area contributed by atoms with Gasteiger partial charge in [-0.2, -0.15) is 0 Å². The van der Waals surface area contributed by atoms with Crippen molar-refractivity contribution in [1.82, 2.24) is 0 Å². The number of aliphatic carboxylic acids is 1. The maximum atomic E-state index is 12.0. The van der Waals surface area contributed by atoms with E-state index in [0.717, 1.165) is 8.66 Å². The molecule has 0 amide bonds. The van der Waals surface area contributed by atoms with Crippen LogP contribution in [0.3, 0.4) is 0 Å². The number of ketones is 1. The predicted molar refractivity (Wildman–Crippen MR) is 67.1 cm³/mol. The molecule has 5 heteroatoms. The van der Waals surface area contributed by atoms with Gasteiger partial charge in [-0.15, -0.1) is 11.3 Å². The average molecular weight is 305 g/mol. The number of carboxylic acid groups (broad SMARTS) is 1. The van der Waals surface area contributed by atoms with Crippen molar-refractivity contribution in [2.75, 3.05) is 0 Å². The van der Waals surface area contributed by atoms with Gasteiger partial charge in [-0.3, -0.25) is 9.59 Å². The highest BCUT2D eigenvalue weighted by atomic mass is 79.9. The summed E-state index contributed by atoms with van der Waals surface area (Å²) in [5.74, 6) is -2.20. The van der Waals surface area contributed by atoms with E-state index in [4.69, 9.17) is 5.11 Å². The van der Waals surface area contributed by atoms with Gasteiger partial charge < -0.3 is 5.11 Å². The number of aryl methyl sites for hydroxylation is 1. The fourth-order valence-electron chi connectivity index (χ4n) is 1.38. The van der Waals surface area contributed by atoms with E-state index in [-0.39, 0.29) is 5.78 Å². The van der Waals surface area contributed by atoms with Crippen molar-refractivity contribution in [2.24, 2.45) is 11.8 Å². The van der Waals surface area contributed by atoms with Crippen LogP contribution in [0.4, 0.5) is 0 Å². The molecule has 16 heavy (non-hydrogen) atoms. The van der Waals surface area contributed by atoms with Gasteiger partial charge in [0.25, 0.3) is 0 Å². The van der Waals surface area contributed by atoms with Gasteiger partial charge in [-0.05, 0) is 28.9 Å². The first-order chi connectivity index (χ1) is 7.34. The quantitative estimate of drug-likeness (QED) is 0.868. The van der Waals surface area contributed by atoms with Gasteiger partial charge in [0.05, 0.1) is 9.70 Å². The zero-order valence-electron chi connectivity index (χ0n) is 9.28. The Balaban J connectivity index is 2.94. The van der Waals surface area contributed by atoms with Crippen LogP contribution in [-0.2, 0) is 4.79 Å². The summed E-state index contributed by atoms with van der Waals surface area (Å²) >= 11 is 4.80. The summed E-state index contributed by atoms with van der Waals surface area (Å²) in [6.07, 6.45) is 0. The third kappa shape index (κ3) is 2.71. The normalized spacial score (nSPS) is 14.5. The third-order valence-corrected chi connectivity index (χ3v) is 4.26. The number of rotatable bonds is 4. The molecule has 0 aromatic carbocycles. The van der Waals surface area contributed by atoms with Crippen LogP contribution in [0.15, 0.2) is 9.85 Å². The van der Waals surface area contributed by atoms with Crippen LogP contribution in [0.1, 0.15) is 29.1 Å². The van der Waals surface area contributed by atoms with Gasteiger partial charge in [0.15, 0.2) is 5.78 Å². The van der Waals surface area contributed by atoms with Crippen LogP contribution in [0, 0.1) is 18.8 Å². The van der Waals surface area contributed by atoms with Crippen molar-refractivity contribution < 1.29 is 14.7 Å². The lowest BCUT2D eigenvalue weighted by Gasteiger charge is -2.14. The number of hydrogen-bond acceptors (Lipinski definition) is 3. The van der Waals surface area contributed by atoms with Crippen molar-refractivity contribution in [3.8, 4) is 0 Å². The molecule has 0 aliphatic heterocycles.